The van der Waals surface area contributed by atoms with Gasteiger partial charge < -0.3 is 10.0 Å². The highest BCUT2D eigenvalue weighted by molar-refractivity contribution is 6.04. The van der Waals surface area contributed by atoms with E-state index in [0.717, 1.165) is 16.8 Å². The third kappa shape index (κ3) is 1.92. The summed E-state index contributed by atoms with van der Waals surface area (Å²) in [6, 6.07) is 15.1. The number of phenols is 1. The fourth-order valence-electron chi connectivity index (χ4n) is 3.37. The van der Waals surface area contributed by atoms with E-state index in [0.29, 0.717) is 12.8 Å². The Morgan fingerprint density at radius 3 is 2.52 bits per heavy atom. The molecule has 1 aliphatic rings. The number of nitrogens with zero attached hydrogens (tertiary/aromatic N) is 1. The number of benzene rings is 2. The molecule has 1 atom stereocenters. The van der Waals surface area contributed by atoms with Gasteiger partial charge in [-0.3, -0.25) is 4.79 Å². The molecule has 0 fully saturated rings. The van der Waals surface area contributed by atoms with Crippen molar-refractivity contribution in [3.8, 4) is 5.75 Å². The average molecular weight is 281 g/mol. The van der Waals surface area contributed by atoms with Gasteiger partial charge >= 0.3 is 0 Å². The number of phenolic OH excluding ortho intramolecular Hbond substituents is 1. The molecule has 1 aliphatic heterocycles. The van der Waals surface area contributed by atoms with Gasteiger partial charge in [-0.15, -0.1) is 0 Å². The highest BCUT2D eigenvalue weighted by Gasteiger charge is 2.46. The molecule has 2 aromatic rings. The Morgan fingerprint density at radius 2 is 1.81 bits per heavy atom. The summed E-state index contributed by atoms with van der Waals surface area (Å²) in [4.78, 5) is 14.7. The van der Waals surface area contributed by atoms with Crippen LogP contribution in [-0.4, -0.2) is 18.1 Å². The molecule has 3 heteroatoms. The Hall–Kier alpha value is -2.29. The molecule has 2 aromatic carbocycles. The number of hydrogen-bond acceptors (Lipinski definition) is 2. The number of amides is 1. The Morgan fingerprint density at radius 1 is 1.14 bits per heavy atom. The molecule has 1 unspecified atom stereocenters. The van der Waals surface area contributed by atoms with Gasteiger partial charge in [0.2, 0.25) is 5.91 Å². The van der Waals surface area contributed by atoms with E-state index in [-0.39, 0.29) is 11.7 Å². The van der Waals surface area contributed by atoms with E-state index in [9.17, 15) is 9.90 Å². The lowest BCUT2D eigenvalue weighted by Gasteiger charge is -2.41. The predicted molar refractivity (Wildman–Crippen MR) is 83.6 cm³/mol. The highest BCUT2D eigenvalue weighted by Crippen LogP contribution is 2.44. The molecule has 1 heterocycles. The Kier molecular flexibility index (Phi) is 3.20. The molecule has 0 saturated carbocycles. The van der Waals surface area contributed by atoms with Crippen LogP contribution in [-0.2, 0) is 16.6 Å². The predicted octanol–water partition coefficient (Wildman–Crippen LogP) is 3.26. The standard InChI is InChI=1S/C18H19NO2/c1-3-18(14-9-5-7-11-16(14)20)12-13-8-4-6-10-15(13)19(2)17(18)21/h4-11,20H,3,12H2,1-2H3. The van der Waals surface area contributed by atoms with Crippen LogP contribution < -0.4 is 4.90 Å². The third-order valence-corrected chi connectivity index (χ3v) is 4.58. The number of carbonyl (C=O) groups excluding carboxylic acids is 1. The van der Waals surface area contributed by atoms with Gasteiger partial charge in [-0.2, -0.15) is 0 Å². The Labute approximate surface area is 124 Å². The van der Waals surface area contributed by atoms with Crippen molar-refractivity contribution in [2.45, 2.75) is 25.2 Å². The average Bonchev–Trinajstić information content (AvgIpc) is 2.52. The van der Waals surface area contributed by atoms with Gasteiger partial charge in [-0.05, 0) is 30.5 Å². The van der Waals surface area contributed by atoms with Gasteiger partial charge in [-0.1, -0.05) is 43.3 Å². The number of aromatic hydroxyl groups is 1. The molecular weight excluding hydrogens is 262 g/mol. The van der Waals surface area contributed by atoms with E-state index in [2.05, 4.69) is 6.07 Å². The number of fused-ring (bicyclic) bond motifs is 1. The van der Waals surface area contributed by atoms with Crippen molar-refractivity contribution in [2.75, 3.05) is 11.9 Å². The zero-order chi connectivity index (χ0) is 15.0. The van der Waals surface area contributed by atoms with Gasteiger partial charge in [-0.25, -0.2) is 0 Å². The van der Waals surface area contributed by atoms with Crippen molar-refractivity contribution in [1.82, 2.24) is 0 Å². The quantitative estimate of drug-likeness (QED) is 0.918. The molecular formula is C18H19NO2. The summed E-state index contributed by atoms with van der Waals surface area (Å²) >= 11 is 0. The van der Waals surface area contributed by atoms with Gasteiger partial charge in [0, 0.05) is 18.3 Å². The van der Waals surface area contributed by atoms with Crippen molar-refractivity contribution in [2.24, 2.45) is 0 Å². The van der Waals surface area contributed by atoms with Gasteiger partial charge in [0.05, 0.1) is 5.41 Å². The molecule has 21 heavy (non-hydrogen) atoms. The molecule has 0 saturated heterocycles. The summed E-state index contributed by atoms with van der Waals surface area (Å²) in [7, 11) is 1.81. The van der Waals surface area contributed by atoms with Crippen LogP contribution in [0.4, 0.5) is 5.69 Å². The summed E-state index contributed by atoms with van der Waals surface area (Å²) in [5.41, 5.74) is 2.14. The van der Waals surface area contributed by atoms with Crippen LogP contribution in [0.3, 0.4) is 0 Å². The van der Waals surface area contributed by atoms with E-state index >= 15 is 0 Å². The lowest BCUT2D eigenvalue weighted by Crippen LogP contribution is -2.50. The molecule has 1 N–H and O–H groups in total. The zero-order valence-electron chi connectivity index (χ0n) is 12.3. The first kappa shape index (κ1) is 13.7. The molecule has 0 spiro atoms. The second kappa shape index (κ2) is 4.92. The van der Waals surface area contributed by atoms with Gasteiger partial charge in [0.25, 0.3) is 0 Å². The molecule has 1 amide bonds. The number of carbonyl (C=O) groups is 1. The van der Waals surface area contributed by atoms with Gasteiger partial charge in [0.15, 0.2) is 0 Å². The van der Waals surface area contributed by atoms with Gasteiger partial charge in [0.1, 0.15) is 5.75 Å². The largest absolute Gasteiger partial charge is 0.508 e. The molecule has 0 bridgehead atoms. The van der Waals surface area contributed by atoms with Crippen molar-refractivity contribution in [1.29, 1.82) is 0 Å². The maximum Gasteiger partial charge on any atom is 0.237 e. The Balaban J connectivity index is 2.21. The molecule has 0 aliphatic carbocycles. The molecule has 3 rings (SSSR count). The van der Waals surface area contributed by atoms with Crippen LogP contribution in [0.5, 0.6) is 5.75 Å². The first-order valence-corrected chi connectivity index (χ1v) is 7.24. The van der Waals surface area contributed by atoms with Crippen LogP contribution in [0.15, 0.2) is 48.5 Å². The lowest BCUT2D eigenvalue weighted by molar-refractivity contribution is -0.124. The van der Waals surface area contributed by atoms with E-state index in [4.69, 9.17) is 0 Å². The Bertz CT molecular complexity index is 695. The van der Waals surface area contributed by atoms with E-state index in [1.54, 1.807) is 17.0 Å². The van der Waals surface area contributed by atoms with Crippen molar-refractivity contribution in [3.63, 3.8) is 0 Å². The van der Waals surface area contributed by atoms with Crippen LogP contribution in [0.1, 0.15) is 24.5 Å². The SMILES string of the molecule is CCC1(c2ccccc2O)Cc2ccccc2N(C)C1=O. The summed E-state index contributed by atoms with van der Waals surface area (Å²) in [5.74, 6) is 0.241. The van der Waals surface area contributed by atoms with Crippen LogP contribution in [0.2, 0.25) is 0 Å². The minimum Gasteiger partial charge on any atom is -0.508 e. The lowest BCUT2D eigenvalue weighted by atomic mass is 9.69. The first-order valence-electron chi connectivity index (χ1n) is 7.24. The summed E-state index contributed by atoms with van der Waals surface area (Å²) in [6.07, 6.45) is 1.28. The monoisotopic (exact) mass is 281 g/mol. The molecule has 0 radical (unpaired) electrons. The van der Waals surface area contributed by atoms with Crippen LogP contribution in [0.25, 0.3) is 0 Å². The maximum atomic E-state index is 13.0. The fraction of sp³-hybridized carbons (Fsp3) is 0.278. The highest BCUT2D eigenvalue weighted by atomic mass is 16.3. The van der Waals surface area contributed by atoms with Crippen molar-refractivity contribution in [3.05, 3.63) is 59.7 Å². The topological polar surface area (TPSA) is 40.5 Å². The molecule has 0 aromatic heterocycles. The minimum absolute atomic E-state index is 0.0465. The summed E-state index contributed by atoms with van der Waals surface area (Å²) in [6.45, 7) is 2.01. The third-order valence-electron chi connectivity index (χ3n) is 4.58. The van der Waals surface area contributed by atoms with Crippen molar-refractivity contribution >= 4 is 11.6 Å². The van der Waals surface area contributed by atoms with E-state index in [1.165, 1.54) is 0 Å². The number of rotatable bonds is 2. The zero-order valence-corrected chi connectivity index (χ0v) is 12.3. The van der Waals surface area contributed by atoms with E-state index in [1.807, 2.05) is 44.3 Å². The van der Waals surface area contributed by atoms with Crippen molar-refractivity contribution < 1.29 is 9.90 Å². The van der Waals surface area contributed by atoms with E-state index < -0.39 is 5.41 Å². The minimum atomic E-state index is -0.686. The number of hydrogen-bond donors (Lipinski definition) is 1. The normalized spacial score (nSPS) is 21.2. The fourth-order valence-corrected chi connectivity index (χ4v) is 3.37. The number of anilines is 1. The first-order chi connectivity index (χ1) is 10.1. The molecule has 108 valence electrons. The second-order valence-electron chi connectivity index (χ2n) is 5.62. The maximum absolute atomic E-state index is 13.0. The second-order valence-corrected chi connectivity index (χ2v) is 5.62. The summed E-state index contributed by atoms with van der Waals surface area (Å²) < 4.78 is 0. The molecule has 3 nitrogen and oxygen atoms in total. The smallest absolute Gasteiger partial charge is 0.237 e. The number of likely N-dealkylation sites (N-methyl/N-ethyl adjacent to an activating group) is 1. The summed E-state index contributed by atoms with van der Waals surface area (Å²) in [5, 5.41) is 10.2. The number of para-hydroxylation sites is 2. The van der Waals surface area contributed by atoms with Crippen LogP contribution >= 0.6 is 0 Å². The van der Waals surface area contributed by atoms with Crippen LogP contribution in [0, 0.1) is 0 Å².